The second kappa shape index (κ2) is 4.67. The standard InChI is InChI=1S/C13H18N4/c1-9(2)12-6-7-17(16-12)11-4-5-13(10(3)14)15-8-11/h4-10H,14H2,1-3H3. The van der Waals surface area contributed by atoms with Crippen molar-refractivity contribution in [3.8, 4) is 5.69 Å². The number of nitrogens with zero attached hydrogens (tertiary/aromatic N) is 3. The van der Waals surface area contributed by atoms with Crippen molar-refractivity contribution in [1.29, 1.82) is 0 Å². The third-order valence-electron chi connectivity index (χ3n) is 2.70. The van der Waals surface area contributed by atoms with E-state index in [0.29, 0.717) is 5.92 Å². The largest absolute Gasteiger partial charge is 0.323 e. The summed E-state index contributed by atoms with van der Waals surface area (Å²) in [6, 6.07) is 5.93. The summed E-state index contributed by atoms with van der Waals surface area (Å²) >= 11 is 0. The molecule has 0 aliphatic carbocycles. The van der Waals surface area contributed by atoms with Crippen LogP contribution in [0.3, 0.4) is 0 Å². The monoisotopic (exact) mass is 230 g/mol. The Balaban J connectivity index is 2.27. The van der Waals surface area contributed by atoms with E-state index in [1.165, 1.54) is 0 Å². The quantitative estimate of drug-likeness (QED) is 0.881. The minimum absolute atomic E-state index is 0.0344. The normalized spacial score (nSPS) is 13.0. The summed E-state index contributed by atoms with van der Waals surface area (Å²) < 4.78 is 1.84. The Morgan fingerprint density at radius 1 is 1.12 bits per heavy atom. The molecule has 1 unspecified atom stereocenters. The first-order chi connectivity index (χ1) is 8.08. The SMILES string of the molecule is CC(C)c1ccn(-c2ccc(C(C)N)nc2)n1. The highest BCUT2D eigenvalue weighted by Gasteiger charge is 2.06. The Morgan fingerprint density at radius 2 is 1.88 bits per heavy atom. The minimum Gasteiger partial charge on any atom is -0.323 e. The van der Waals surface area contributed by atoms with Crippen LogP contribution in [0.4, 0.5) is 0 Å². The highest BCUT2D eigenvalue weighted by atomic mass is 15.3. The average Bonchev–Trinajstić information content (AvgIpc) is 2.78. The summed E-state index contributed by atoms with van der Waals surface area (Å²) in [5.41, 5.74) is 8.70. The molecular formula is C13H18N4. The zero-order valence-corrected chi connectivity index (χ0v) is 10.5. The van der Waals surface area contributed by atoms with E-state index in [4.69, 9.17) is 5.73 Å². The summed E-state index contributed by atoms with van der Waals surface area (Å²) in [4.78, 5) is 4.32. The summed E-state index contributed by atoms with van der Waals surface area (Å²) in [6.07, 6.45) is 3.76. The summed E-state index contributed by atoms with van der Waals surface area (Å²) in [5.74, 6) is 0.438. The number of aromatic nitrogens is 3. The van der Waals surface area contributed by atoms with E-state index in [9.17, 15) is 0 Å². The molecule has 2 aromatic heterocycles. The first-order valence-corrected chi connectivity index (χ1v) is 5.85. The molecule has 0 saturated heterocycles. The molecule has 17 heavy (non-hydrogen) atoms. The maximum Gasteiger partial charge on any atom is 0.0829 e. The number of nitrogens with two attached hydrogens (primary N) is 1. The van der Waals surface area contributed by atoms with Crippen molar-refractivity contribution in [3.63, 3.8) is 0 Å². The predicted molar refractivity (Wildman–Crippen MR) is 68.1 cm³/mol. The van der Waals surface area contributed by atoms with Crippen molar-refractivity contribution in [2.75, 3.05) is 0 Å². The molecule has 0 radical (unpaired) electrons. The second-order valence-corrected chi connectivity index (χ2v) is 4.57. The van der Waals surface area contributed by atoms with E-state index < -0.39 is 0 Å². The lowest BCUT2D eigenvalue weighted by molar-refractivity contribution is 0.756. The van der Waals surface area contributed by atoms with Gasteiger partial charge in [-0.15, -0.1) is 0 Å². The van der Waals surface area contributed by atoms with E-state index in [0.717, 1.165) is 17.1 Å². The van der Waals surface area contributed by atoms with Crippen LogP contribution in [0.1, 0.15) is 44.1 Å². The van der Waals surface area contributed by atoms with Crippen molar-refractivity contribution in [2.45, 2.75) is 32.7 Å². The molecule has 1 atom stereocenters. The number of hydrogen-bond donors (Lipinski definition) is 1. The van der Waals surface area contributed by atoms with Gasteiger partial charge in [0.15, 0.2) is 0 Å². The van der Waals surface area contributed by atoms with Gasteiger partial charge in [-0.2, -0.15) is 5.10 Å². The van der Waals surface area contributed by atoms with Crippen LogP contribution in [-0.4, -0.2) is 14.8 Å². The molecule has 4 nitrogen and oxygen atoms in total. The number of pyridine rings is 1. The highest BCUT2D eigenvalue weighted by molar-refractivity contribution is 5.30. The van der Waals surface area contributed by atoms with E-state index in [-0.39, 0.29) is 6.04 Å². The first-order valence-electron chi connectivity index (χ1n) is 5.85. The molecule has 2 rings (SSSR count). The molecule has 0 aliphatic rings. The fourth-order valence-corrected chi connectivity index (χ4v) is 1.59. The lowest BCUT2D eigenvalue weighted by Crippen LogP contribution is -2.07. The first kappa shape index (κ1) is 11.8. The maximum atomic E-state index is 5.76. The fraction of sp³-hybridized carbons (Fsp3) is 0.385. The zero-order chi connectivity index (χ0) is 12.4. The second-order valence-electron chi connectivity index (χ2n) is 4.57. The maximum absolute atomic E-state index is 5.76. The van der Waals surface area contributed by atoms with Crippen molar-refractivity contribution in [2.24, 2.45) is 5.73 Å². The van der Waals surface area contributed by atoms with Gasteiger partial charge in [-0.3, -0.25) is 4.98 Å². The van der Waals surface area contributed by atoms with E-state index in [1.807, 2.05) is 36.0 Å². The van der Waals surface area contributed by atoms with Crippen molar-refractivity contribution in [1.82, 2.24) is 14.8 Å². The molecule has 0 aliphatic heterocycles. The molecule has 0 saturated carbocycles. The topological polar surface area (TPSA) is 56.7 Å². The lowest BCUT2D eigenvalue weighted by Gasteiger charge is -2.06. The third-order valence-corrected chi connectivity index (χ3v) is 2.70. The zero-order valence-electron chi connectivity index (χ0n) is 10.5. The van der Waals surface area contributed by atoms with Gasteiger partial charge in [-0.1, -0.05) is 13.8 Å². The molecule has 2 N–H and O–H groups in total. The van der Waals surface area contributed by atoms with Crippen molar-refractivity contribution in [3.05, 3.63) is 42.0 Å². The Labute approximate surface area is 101 Å². The van der Waals surface area contributed by atoms with Gasteiger partial charge in [0, 0.05) is 12.2 Å². The minimum atomic E-state index is -0.0344. The molecule has 0 spiro atoms. The van der Waals surface area contributed by atoms with Gasteiger partial charge in [0.25, 0.3) is 0 Å². The van der Waals surface area contributed by atoms with Gasteiger partial charge in [-0.25, -0.2) is 4.68 Å². The van der Waals surface area contributed by atoms with Gasteiger partial charge in [0.1, 0.15) is 0 Å². The average molecular weight is 230 g/mol. The number of rotatable bonds is 3. The molecule has 0 aromatic carbocycles. The molecule has 90 valence electrons. The van der Waals surface area contributed by atoms with Crippen LogP contribution in [0, 0.1) is 0 Å². The summed E-state index contributed by atoms with van der Waals surface area (Å²) in [6.45, 7) is 6.18. The van der Waals surface area contributed by atoms with Gasteiger partial charge in [0.05, 0.1) is 23.3 Å². The Bertz CT molecular complexity index is 482. The van der Waals surface area contributed by atoms with Gasteiger partial charge in [0.2, 0.25) is 0 Å². The third kappa shape index (κ3) is 2.53. The van der Waals surface area contributed by atoms with E-state index in [2.05, 4.69) is 23.9 Å². The van der Waals surface area contributed by atoms with Crippen LogP contribution < -0.4 is 5.73 Å². The smallest absolute Gasteiger partial charge is 0.0829 e. The highest BCUT2D eigenvalue weighted by Crippen LogP contribution is 2.14. The Morgan fingerprint density at radius 3 is 2.35 bits per heavy atom. The Kier molecular flexibility index (Phi) is 3.24. The van der Waals surface area contributed by atoms with Crippen LogP contribution in [0.5, 0.6) is 0 Å². The van der Waals surface area contributed by atoms with Crippen LogP contribution >= 0.6 is 0 Å². The summed E-state index contributed by atoms with van der Waals surface area (Å²) in [7, 11) is 0. The Hall–Kier alpha value is -1.68. The molecule has 0 fully saturated rings. The van der Waals surface area contributed by atoms with E-state index >= 15 is 0 Å². The van der Waals surface area contributed by atoms with Crippen LogP contribution in [0.2, 0.25) is 0 Å². The van der Waals surface area contributed by atoms with Crippen LogP contribution in [0.25, 0.3) is 5.69 Å². The molecular weight excluding hydrogens is 212 g/mol. The lowest BCUT2D eigenvalue weighted by atomic mass is 10.1. The van der Waals surface area contributed by atoms with Gasteiger partial charge < -0.3 is 5.73 Å². The fourth-order valence-electron chi connectivity index (χ4n) is 1.59. The number of hydrogen-bond acceptors (Lipinski definition) is 3. The van der Waals surface area contributed by atoms with Gasteiger partial charge >= 0.3 is 0 Å². The van der Waals surface area contributed by atoms with Crippen LogP contribution in [0.15, 0.2) is 30.6 Å². The molecule has 2 heterocycles. The molecule has 4 heteroatoms. The predicted octanol–water partition coefficient (Wildman–Crippen LogP) is 2.41. The summed E-state index contributed by atoms with van der Waals surface area (Å²) in [5, 5.41) is 4.50. The molecule has 2 aromatic rings. The molecule has 0 bridgehead atoms. The van der Waals surface area contributed by atoms with Crippen molar-refractivity contribution < 1.29 is 0 Å². The molecule has 0 amide bonds. The van der Waals surface area contributed by atoms with Crippen molar-refractivity contribution >= 4 is 0 Å². The van der Waals surface area contributed by atoms with E-state index in [1.54, 1.807) is 6.20 Å². The van der Waals surface area contributed by atoms with Crippen LogP contribution in [-0.2, 0) is 0 Å². The van der Waals surface area contributed by atoms with Gasteiger partial charge in [-0.05, 0) is 31.0 Å².